The first-order valence-corrected chi connectivity index (χ1v) is 11.1. The number of halogens is 1. The number of carbonyl (C=O) groups is 1. The third kappa shape index (κ3) is 3.81. The van der Waals surface area contributed by atoms with Crippen molar-refractivity contribution in [2.75, 3.05) is 20.1 Å². The lowest BCUT2D eigenvalue weighted by molar-refractivity contribution is 0.0786. The second kappa shape index (κ2) is 7.57. The summed E-state index contributed by atoms with van der Waals surface area (Å²) in [6.07, 6.45) is 1.74. The van der Waals surface area contributed by atoms with E-state index in [4.69, 9.17) is 0 Å². The van der Waals surface area contributed by atoms with E-state index in [1.165, 1.54) is 21.7 Å². The van der Waals surface area contributed by atoms with E-state index in [9.17, 15) is 13.2 Å². The fourth-order valence-electron chi connectivity index (χ4n) is 2.85. The Morgan fingerprint density at radius 2 is 1.92 bits per heavy atom. The summed E-state index contributed by atoms with van der Waals surface area (Å²) in [5.74, 6) is -0.275. The number of hydrogen-bond donors (Lipinski definition) is 0. The van der Waals surface area contributed by atoms with Crippen LogP contribution >= 0.6 is 27.3 Å². The molecule has 0 radical (unpaired) electrons. The van der Waals surface area contributed by atoms with E-state index in [0.29, 0.717) is 19.6 Å². The summed E-state index contributed by atoms with van der Waals surface area (Å²) in [6.45, 7) is 1.46. The van der Waals surface area contributed by atoms with Crippen molar-refractivity contribution in [1.29, 1.82) is 0 Å². The molecule has 2 aromatic rings. The molecular weight excluding hydrogens is 424 g/mol. The van der Waals surface area contributed by atoms with Crippen LogP contribution in [0.4, 0.5) is 0 Å². The Labute approximate surface area is 160 Å². The first-order chi connectivity index (χ1) is 11.9. The number of amides is 1. The summed E-state index contributed by atoms with van der Waals surface area (Å²) in [6, 6.07) is 9.21. The molecule has 1 saturated heterocycles. The monoisotopic (exact) mass is 442 g/mol. The van der Waals surface area contributed by atoms with Crippen molar-refractivity contribution < 1.29 is 13.2 Å². The highest BCUT2D eigenvalue weighted by Crippen LogP contribution is 2.29. The fourth-order valence-corrected chi connectivity index (χ4v) is 6.17. The standard InChI is InChI=1S/C17H19BrN2O3S2/c1-19(12-13-6-2-3-7-14(13)18)17(21)16-15(8-11-24-16)25(22,23)20-9-4-5-10-20/h2-3,6-8,11H,4-5,9-10,12H2,1H3. The van der Waals surface area contributed by atoms with Gasteiger partial charge in [-0.1, -0.05) is 34.1 Å². The summed E-state index contributed by atoms with van der Waals surface area (Å²) in [4.78, 5) is 14.8. The minimum atomic E-state index is -3.60. The maximum absolute atomic E-state index is 12.8. The summed E-state index contributed by atoms with van der Waals surface area (Å²) in [7, 11) is -1.91. The molecule has 0 atom stereocenters. The van der Waals surface area contributed by atoms with E-state index in [1.54, 1.807) is 17.3 Å². The molecule has 1 aliphatic heterocycles. The minimum Gasteiger partial charge on any atom is -0.337 e. The van der Waals surface area contributed by atoms with Crippen LogP contribution in [-0.2, 0) is 16.6 Å². The molecule has 1 fully saturated rings. The van der Waals surface area contributed by atoms with Crippen LogP contribution in [-0.4, -0.2) is 43.7 Å². The first kappa shape index (κ1) is 18.6. The largest absolute Gasteiger partial charge is 0.337 e. The van der Waals surface area contributed by atoms with Gasteiger partial charge in [0.15, 0.2) is 0 Å². The summed E-state index contributed by atoms with van der Waals surface area (Å²) in [5, 5.41) is 1.67. The predicted molar refractivity (Wildman–Crippen MR) is 102 cm³/mol. The summed E-state index contributed by atoms with van der Waals surface area (Å²) in [5.41, 5.74) is 0.971. The van der Waals surface area contributed by atoms with Crippen LogP contribution < -0.4 is 0 Å². The molecule has 0 unspecified atom stereocenters. The molecule has 0 spiro atoms. The van der Waals surface area contributed by atoms with Gasteiger partial charge in [0.1, 0.15) is 9.77 Å². The van der Waals surface area contributed by atoms with Gasteiger partial charge in [-0.2, -0.15) is 4.31 Å². The van der Waals surface area contributed by atoms with Crippen LogP contribution in [0.3, 0.4) is 0 Å². The zero-order chi connectivity index (χ0) is 18.0. The number of thiophene rings is 1. The zero-order valence-electron chi connectivity index (χ0n) is 13.8. The molecule has 1 aromatic carbocycles. The molecule has 0 bridgehead atoms. The van der Waals surface area contributed by atoms with Crippen molar-refractivity contribution in [2.24, 2.45) is 0 Å². The van der Waals surface area contributed by atoms with Gasteiger partial charge in [0.05, 0.1) is 0 Å². The van der Waals surface area contributed by atoms with Crippen LogP contribution in [0, 0.1) is 0 Å². The van der Waals surface area contributed by atoms with Crippen LogP contribution in [0.15, 0.2) is 45.1 Å². The number of rotatable bonds is 5. The average Bonchev–Trinajstić information content (AvgIpc) is 3.28. The van der Waals surface area contributed by atoms with Crippen molar-refractivity contribution in [3.05, 3.63) is 50.6 Å². The number of benzene rings is 1. The molecule has 0 saturated carbocycles. The Morgan fingerprint density at radius 1 is 1.24 bits per heavy atom. The maximum atomic E-state index is 12.8. The molecule has 2 heterocycles. The highest BCUT2D eigenvalue weighted by atomic mass is 79.9. The van der Waals surface area contributed by atoms with E-state index >= 15 is 0 Å². The lowest BCUT2D eigenvalue weighted by Crippen LogP contribution is -2.31. The Kier molecular flexibility index (Phi) is 5.62. The van der Waals surface area contributed by atoms with Gasteiger partial charge in [-0.05, 0) is 35.9 Å². The van der Waals surface area contributed by atoms with Crippen LogP contribution in [0.5, 0.6) is 0 Å². The van der Waals surface area contributed by atoms with E-state index in [1.807, 2.05) is 24.3 Å². The smallest absolute Gasteiger partial charge is 0.265 e. The van der Waals surface area contributed by atoms with E-state index in [-0.39, 0.29) is 15.7 Å². The molecule has 3 rings (SSSR count). The molecule has 1 amide bonds. The number of sulfonamides is 1. The highest BCUT2D eigenvalue weighted by Gasteiger charge is 2.32. The van der Waals surface area contributed by atoms with E-state index in [2.05, 4.69) is 15.9 Å². The summed E-state index contributed by atoms with van der Waals surface area (Å²) >= 11 is 4.65. The Hall–Kier alpha value is -1.22. The van der Waals surface area contributed by atoms with Crippen molar-refractivity contribution in [2.45, 2.75) is 24.3 Å². The van der Waals surface area contributed by atoms with Gasteiger partial charge in [-0.3, -0.25) is 4.79 Å². The molecular formula is C17H19BrN2O3S2. The van der Waals surface area contributed by atoms with Crippen LogP contribution in [0.1, 0.15) is 28.1 Å². The normalized spacial score (nSPS) is 15.4. The molecule has 25 heavy (non-hydrogen) atoms. The van der Waals surface area contributed by atoms with Gasteiger partial charge in [0.25, 0.3) is 5.91 Å². The fraction of sp³-hybridized carbons (Fsp3) is 0.353. The molecule has 8 heteroatoms. The second-order valence-corrected chi connectivity index (χ2v) is 9.65. The Balaban J connectivity index is 1.84. The van der Waals surface area contributed by atoms with Gasteiger partial charge >= 0.3 is 0 Å². The van der Waals surface area contributed by atoms with E-state index < -0.39 is 10.0 Å². The third-order valence-electron chi connectivity index (χ3n) is 4.22. The van der Waals surface area contributed by atoms with Gasteiger partial charge in [0, 0.05) is 31.2 Å². The molecule has 0 N–H and O–H groups in total. The third-order valence-corrected chi connectivity index (χ3v) is 7.96. The number of hydrogen-bond acceptors (Lipinski definition) is 4. The van der Waals surface area contributed by atoms with Crippen molar-refractivity contribution in [3.63, 3.8) is 0 Å². The van der Waals surface area contributed by atoms with Crippen LogP contribution in [0.2, 0.25) is 0 Å². The minimum absolute atomic E-state index is 0.128. The highest BCUT2D eigenvalue weighted by molar-refractivity contribution is 9.10. The molecule has 1 aromatic heterocycles. The van der Waals surface area contributed by atoms with Crippen molar-refractivity contribution in [3.8, 4) is 0 Å². The maximum Gasteiger partial charge on any atom is 0.265 e. The molecule has 0 aliphatic carbocycles. The second-order valence-electron chi connectivity index (χ2n) is 5.98. The lowest BCUT2D eigenvalue weighted by Gasteiger charge is -2.20. The van der Waals surface area contributed by atoms with Crippen molar-refractivity contribution >= 4 is 43.2 Å². The SMILES string of the molecule is CN(Cc1ccccc1Br)C(=O)c1sccc1S(=O)(=O)N1CCCC1. The van der Waals surface area contributed by atoms with Gasteiger partial charge in [-0.25, -0.2) is 8.42 Å². The average molecular weight is 443 g/mol. The quantitative estimate of drug-likeness (QED) is 0.710. The first-order valence-electron chi connectivity index (χ1n) is 7.98. The Bertz CT molecular complexity index is 874. The van der Waals surface area contributed by atoms with Gasteiger partial charge in [-0.15, -0.1) is 11.3 Å². The van der Waals surface area contributed by atoms with Crippen LogP contribution in [0.25, 0.3) is 0 Å². The molecule has 5 nitrogen and oxygen atoms in total. The summed E-state index contributed by atoms with van der Waals surface area (Å²) < 4.78 is 28.0. The topological polar surface area (TPSA) is 57.7 Å². The van der Waals surface area contributed by atoms with Gasteiger partial charge in [0.2, 0.25) is 10.0 Å². The predicted octanol–water partition coefficient (Wildman–Crippen LogP) is 3.57. The zero-order valence-corrected chi connectivity index (χ0v) is 17.0. The van der Waals surface area contributed by atoms with Gasteiger partial charge < -0.3 is 4.90 Å². The molecule has 134 valence electrons. The Morgan fingerprint density at radius 3 is 2.60 bits per heavy atom. The van der Waals surface area contributed by atoms with E-state index in [0.717, 1.165) is 22.9 Å². The molecule has 1 aliphatic rings. The number of carbonyl (C=O) groups excluding carboxylic acids is 1. The number of nitrogens with zero attached hydrogens (tertiary/aromatic N) is 2. The van der Waals surface area contributed by atoms with Crippen molar-refractivity contribution in [1.82, 2.24) is 9.21 Å². The lowest BCUT2D eigenvalue weighted by atomic mass is 10.2.